The smallest absolute Gasteiger partial charge is 0.306 e. The number of hydrogen-bond acceptors (Lipinski definition) is 6. The van der Waals surface area contributed by atoms with Gasteiger partial charge in [0, 0.05) is 19.3 Å². The second kappa shape index (κ2) is 48.0. The fourth-order valence-corrected chi connectivity index (χ4v) is 7.08. The standard InChI is InChI=1S/C53H94O6/c1-4-7-10-13-16-18-19-20-21-22-23-24-25-26-27-28-29-30-31-32-33-35-37-40-43-46-52(55)58-49-50(48-57-51(54)45-42-39-36-15-12-9-6-3)59-53(56)47-44-41-38-34-17-14-11-8-5-2/h7,10,16,18,20-21,23-24,50H,4-6,8-9,11-15,17,19,22,25-49H2,1-3H3/b10-7-,18-16-,21-20-,24-23-. The molecule has 0 aromatic rings. The maximum absolute atomic E-state index is 12.7. The van der Waals surface area contributed by atoms with Crippen LogP contribution in [0.25, 0.3) is 0 Å². The third-order valence-electron chi connectivity index (χ3n) is 10.8. The van der Waals surface area contributed by atoms with E-state index in [0.717, 1.165) is 83.5 Å². The Morgan fingerprint density at radius 1 is 0.356 bits per heavy atom. The zero-order valence-electron chi connectivity index (χ0n) is 39.0. The number of unbranched alkanes of at least 4 members (excludes halogenated alkanes) is 26. The fraction of sp³-hybridized carbons (Fsp3) is 0.792. The van der Waals surface area contributed by atoms with Gasteiger partial charge in [0.25, 0.3) is 0 Å². The quantitative estimate of drug-likeness (QED) is 0.0263. The molecule has 0 amide bonds. The lowest BCUT2D eigenvalue weighted by atomic mass is 10.0. The summed E-state index contributed by atoms with van der Waals surface area (Å²) in [7, 11) is 0. The van der Waals surface area contributed by atoms with E-state index in [0.29, 0.717) is 19.3 Å². The molecule has 59 heavy (non-hydrogen) atoms. The molecular formula is C53H94O6. The number of carbonyl (C=O) groups is 3. The Morgan fingerprint density at radius 3 is 1.03 bits per heavy atom. The molecule has 0 N–H and O–H groups in total. The van der Waals surface area contributed by atoms with Crippen LogP contribution in [0.1, 0.15) is 252 Å². The Morgan fingerprint density at radius 2 is 0.661 bits per heavy atom. The monoisotopic (exact) mass is 827 g/mol. The van der Waals surface area contributed by atoms with Crippen LogP contribution < -0.4 is 0 Å². The van der Waals surface area contributed by atoms with Crippen LogP contribution in [0.15, 0.2) is 48.6 Å². The Bertz CT molecular complexity index is 1040. The molecule has 342 valence electrons. The summed E-state index contributed by atoms with van der Waals surface area (Å²) >= 11 is 0. The molecule has 0 aliphatic rings. The number of esters is 3. The van der Waals surface area contributed by atoms with Gasteiger partial charge in [-0.15, -0.1) is 0 Å². The molecule has 0 spiro atoms. The second-order valence-corrected chi connectivity index (χ2v) is 16.7. The minimum Gasteiger partial charge on any atom is -0.462 e. The van der Waals surface area contributed by atoms with Crippen molar-refractivity contribution in [2.45, 2.75) is 258 Å². The summed E-state index contributed by atoms with van der Waals surface area (Å²) in [4.78, 5) is 37.6. The third-order valence-corrected chi connectivity index (χ3v) is 10.8. The van der Waals surface area contributed by atoms with Crippen molar-refractivity contribution in [3.8, 4) is 0 Å². The summed E-state index contributed by atoms with van der Waals surface area (Å²) in [6.45, 7) is 6.47. The normalized spacial score (nSPS) is 12.4. The Hall–Kier alpha value is -2.63. The molecule has 0 aliphatic carbocycles. The van der Waals surface area contributed by atoms with E-state index in [1.807, 2.05) is 0 Å². The van der Waals surface area contributed by atoms with Crippen LogP contribution >= 0.6 is 0 Å². The maximum Gasteiger partial charge on any atom is 0.306 e. The zero-order chi connectivity index (χ0) is 43.0. The first-order valence-electron chi connectivity index (χ1n) is 25.1. The lowest BCUT2D eigenvalue weighted by Crippen LogP contribution is -2.30. The molecular weight excluding hydrogens is 733 g/mol. The van der Waals surface area contributed by atoms with Gasteiger partial charge in [-0.2, -0.15) is 0 Å². The lowest BCUT2D eigenvalue weighted by molar-refractivity contribution is -0.167. The molecule has 1 atom stereocenters. The van der Waals surface area contributed by atoms with E-state index in [2.05, 4.69) is 69.4 Å². The van der Waals surface area contributed by atoms with Gasteiger partial charge in [0.15, 0.2) is 6.10 Å². The van der Waals surface area contributed by atoms with Crippen molar-refractivity contribution in [3.05, 3.63) is 48.6 Å². The van der Waals surface area contributed by atoms with Crippen LogP contribution in [0.5, 0.6) is 0 Å². The van der Waals surface area contributed by atoms with Crippen molar-refractivity contribution in [1.29, 1.82) is 0 Å². The summed E-state index contributed by atoms with van der Waals surface area (Å²) in [5.41, 5.74) is 0. The maximum atomic E-state index is 12.7. The van der Waals surface area contributed by atoms with Gasteiger partial charge in [0.1, 0.15) is 13.2 Å². The zero-order valence-corrected chi connectivity index (χ0v) is 39.0. The van der Waals surface area contributed by atoms with Gasteiger partial charge in [0.05, 0.1) is 0 Å². The molecule has 1 unspecified atom stereocenters. The molecule has 0 fully saturated rings. The van der Waals surface area contributed by atoms with E-state index in [4.69, 9.17) is 14.2 Å². The number of allylic oxidation sites excluding steroid dienone is 8. The predicted octanol–water partition coefficient (Wildman–Crippen LogP) is 16.3. The van der Waals surface area contributed by atoms with Gasteiger partial charge in [-0.1, -0.05) is 223 Å². The van der Waals surface area contributed by atoms with Gasteiger partial charge in [-0.3, -0.25) is 14.4 Å². The van der Waals surface area contributed by atoms with Crippen molar-refractivity contribution < 1.29 is 28.6 Å². The lowest BCUT2D eigenvalue weighted by Gasteiger charge is -2.18. The number of rotatable bonds is 45. The molecule has 0 bridgehead atoms. The first-order valence-corrected chi connectivity index (χ1v) is 25.1. The van der Waals surface area contributed by atoms with Crippen LogP contribution in [-0.2, 0) is 28.6 Å². The summed E-state index contributed by atoms with van der Waals surface area (Å²) < 4.78 is 16.7. The molecule has 6 heteroatoms. The highest BCUT2D eigenvalue weighted by molar-refractivity contribution is 5.71. The summed E-state index contributed by atoms with van der Waals surface area (Å²) in [5, 5.41) is 0. The summed E-state index contributed by atoms with van der Waals surface area (Å²) in [5.74, 6) is -0.877. The first kappa shape index (κ1) is 56.4. The minimum atomic E-state index is -0.765. The van der Waals surface area contributed by atoms with E-state index in [9.17, 15) is 14.4 Å². The summed E-state index contributed by atoms with van der Waals surface area (Å²) in [6.07, 6.45) is 57.0. The Labute approximate surface area is 365 Å². The molecule has 0 aromatic heterocycles. The van der Waals surface area contributed by atoms with Crippen molar-refractivity contribution >= 4 is 17.9 Å². The number of ether oxygens (including phenoxy) is 3. The Balaban J connectivity index is 4.07. The Kier molecular flexibility index (Phi) is 45.9. The first-order chi connectivity index (χ1) is 29.0. The van der Waals surface area contributed by atoms with Crippen molar-refractivity contribution in [1.82, 2.24) is 0 Å². The molecule has 0 radical (unpaired) electrons. The highest BCUT2D eigenvalue weighted by atomic mass is 16.6. The molecule has 0 heterocycles. The molecule has 6 nitrogen and oxygen atoms in total. The molecule has 0 rings (SSSR count). The van der Waals surface area contributed by atoms with Crippen LogP contribution in [0.3, 0.4) is 0 Å². The van der Waals surface area contributed by atoms with Crippen molar-refractivity contribution in [2.24, 2.45) is 0 Å². The van der Waals surface area contributed by atoms with E-state index in [-0.39, 0.29) is 31.1 Å². The second-order valence-electron chi connectivity index (χ2n) is 16.7. The van der Waals surface area contributed by atoms with Crippen molar-refractivity contribution in [3.63, 3.8) is 0 Å². The third kappa shape index (κ3) is 46.3. The van der Waals surface area contributed by atoms with Crippen LogP contribution in [0, 0.1) is 0 Å². The highest BCUT2D eigenvalue weighted by Crippen LogP contribution is 2.15. The molecule has 0 aliphatic heterocycles. The topological polar surface area (TPSA) is 78.9 Å². The van der Waals surface area contributed by atoms with E-state index >= 15 is 0 Å². The van der Waals surface area contributed by atoms with Gasteiger partial charge in [-0.25, -0.2) is 0 Å². The highest BCUT2D eigenvalue weighted by Gasteiger charge is 2.19. The minimum absolute atomic E-state index is 0.0706. The average Bonchev–Trinajstić information content (AvgIpc) is 3.23. The predicted molar refractivity (Wildman–Crippen MR) is 252 cm³/mol. The molecule has 0 saturated heterocycles. The average molecular weight is 827 g/mol. The number of carbonyl (C=O) groups excluding carboxylic acids is 3. The molecule has 0 saturated carbocycles. The van der Waals surface area contributed by atoms with Gasteiger partial charge < -0.3 is 14.2 Å². The van der Waals surface area contributed by atoms with E-state index in [1.54, 1.807) is 0 Å². The van der Waals surface area contributed by atoms with Gasteiger partial charge in [0.2, 0.25) is 0 Å². The van der Waals surface area contributed by atoms with E-state index in [1.165, 1.54) is 128 Å². The van der Waals surface area contributed by atoms with Crippen LogP contribution in [-0.4, -0.2) is 37.2 Å². The van der Waals surface area contributed by atoms with Crippen LogP contribution in [0.2, 0.25) is 0 Å². The van der Waals surface area contributed by atoms with Crippen LogP contribution in [0.4, 0.5) is 0 Å². The molecule has 0 aromatic carbocycles. The van der Waals surface area contributed by atoms with Gasteiger partial charge >= 0.3 is 17.9 Å². The van der Waals surface area contributed by atoms with Gasteiger partial charge in [-0.05, 0) is 57.8 Å². The van der Waals surface area contributed by atoms with E-state index < -0.39 is 6.10 Å². The largest absolute Gasteiger partial charge is 0.462 e. The number of hydrogen-bond donors (Lipinski definition) is 0. The SMILES string of the molecule is CC/C=C\C/C=C\C/C=C\C/C=C\CCCCCCCCCCCCCCC(=O)OCC(COC(=O)CCCCCCCCC)OC(=O)CCCCCCCCCCC. The fourth-order valence-electron chi connectivity index (χ4n) is 7.08. The summed E-state index contributed by atoms with van der Waals surface area (Å²) in [6, 6.07) is 0. The van der Waals surface area contributed by atoms with Crippen molar-refractivity contribution in [2.75, 3.05) is 13.2 Å².